The van der Waals surface area contributed by atoms with E-state index in [2.05, 4.69) is 5.16 Å². The second-order valence-electron chi connectivity index (χ2n) is 7.46. The summed E-state index contributed by atoms with van der Waals surface area (Å²) >= 11 is 0. The second kappa shape index (κ2) is 6.30. The molecule has 2 aromatic rings. The van der Waals surface area contributed by atoms with E-state index in [1.54, 1.807) is 6.07 Å². The Balaban J connectivity index is 1.52. The summed E-state index contributed by atoms with van der Waals surface area (Å²) in [6.07, 6.45) is 3.08. The molecule has 0 unspecified atom stereocenters. The van der Waals surface area contributed by atoms with Crippen molar-refractivity contribution in [3.8, 4) is 0 Å². The Morgan fingerprint density at radius 3 is 2.88 bits per heavy atom. The van der Waals surface area contributed by atoms with Crippen LogP contribution in [-0.4, -0.2) is 34.2 Å². The summed E-state index contributed by atoms with van der Waals surface area (Å²) in [5.41, 5.74) is 0.934. The number of hydrogen-bond acceptors (Lipinski definition) is 4. The molecule has 0 spiro atoms. The highest BCUT2D eigenvalue weighted by atomic mass is 16.5. The lowest BCUT2D eigenvalue weighted by Gasteiger charge is -2.41. The third-order valence-corrected chi connectivity index (χ3v) is 5.82. The van der Waals surface area contributed by atoms with E-state index in [-0.39, 0.29) is 18.2 Å². The minimum Gasteiger partial charge on any atom is -0.385 e. The number of fused-ring (bicyclic) bond motifs is 1. The molecule has 0 radical (unpaired) electrons. The number of aryl methyl sites for hydroxylation is 1. The van der Waals surface area contributed by atoms with Crippen molar-refractivity contribution in [2.45, 2.75) is 38.2 Å². The van der Waals surface area contributed by atoms with Gasteiger partial charge in [0.2, 0.25) is 5.91 Å². The fourth-order valence-corrected chi connectivity index (χ4v) is 4.57. The molecule has 5 heteroatoms. The molecule has 5 nitrogen and oxygen atoms in total. The van der Waals surface area contributed by atoms with Crippen molar-refractivity contribution in [1.29, 1.82) is 0 Å². The van der Waals surface area contributed by atoms with Crippen LogP contribution in [-0.2, 0) is 16.8 Å². The molecule has 2 aliphatic rings. The monoisotopic (exact) mass is 340 g/mol. The van der Waals surface area contributed by atoms with Crippen LogP contribution in [0.15, 0.2) is 40.9 Å². The van der Waals surface area contributed by atoms with E-state index < -0.39 is 5.60 Å². The van der Waals surface area contributed by atoms with E-state index in [4.69, 9.17) is 4.52 Å². The molecular weight excluding hydrogens is 316 g/mol. The number of rotatable bonds is 3. The predicted molar refractivity (Wildman–Crippen MR) is 92.7 cm³/mol. The van der Waals surface area contributed by atoms with Gasteiger partial charge in [0.25, 0.3) is 0 Å². The highest BCUT2D eigenvalue weighted by Crippen LogP contribution is 2.48. The van der Waals surface area contributed by atoms with E-state index in [0.29, 0.717) is 18.2 Å². The number of benzene rings is 1. The van der Waals surface area contributed by atoms with Crippen molar-refractivity contribution in [3.63, 3.8) is 0 Å². The summed E-state index contributed by atoms with van der Waals surface area (Å²) in [5, 5.41) is 15.3. The zero-order valence-electron chi connectivity index (χ0n) is 14.5. The zero-order chi connectivity index (χ0) is 17.4. The maximum absolute atomic E-state index is 12.7. The predicted octanol–water partition coefficient (Wildman–Crippen LogP) is 2.67. The molecule has 1 saturated heterocycles. The molecule has 1 amide bonds. The number of carbonyl (C=O) groups excluding carboxylic acids is 1. The molecule has 1 aromatic carbocycles. The standard InChI is InChI=1S/C20H24N2O3/c1-14-10-17(25-21-14)11-19(23)22-12-15-6-5-9-20(24,18(15)13-22)16-7-3-2-4-8-16/h2-4,7-8,10,15,18,24H,5-6,9,11-13H2,1H3/t15-,18+,20+/m1/s1. The molecule has 25 heavy (non-hydrogen) atoms. The highest BCUT2D eigenvalue weighted by molar-refractivity contribution is 5.78. The zero-order valence-corrected chi connectivity index (χ0v) is 14.5. The van der Waals surface area contributed by atoms with Crippen LogP contribution in [0.3, 0.4) is 0 Å². The Morgan fingerprint density at radius 1 is 1.36 bits per heavy atom. The minimum atomic E-state index is -0.831. The Bertz CT molecular complexity index is 757. The van der Waals surface area contributed by atoms with Crippen molar-refractivity contribution in [1.82, 2.24) is 10.1 Å². The lowest BCUT2D eigenvalue weighted by atomic mass is 9.67. The Hall–Kier alpha value is -2.14. The van der Waals surface area contributed by atoms with Crippen LogP contribution in [0.25, 0.3) is 0 Å². The smallest absolute Gasteiger partial charge is 0.230 e. The first-order valence-corrected chi connectivity index (χ1v) is 9.04. The quantitative estimate of drug-likeness (QED) is 0.933. The van der Waals surface area contributed by atoms with Gasteiger partial charge in [0, 0.05) is 25.1 Å². The molecule has 1 N–H and O–H groups in total. The number of hydrogen-bond donors (Lipinski definition) is 1. The van der Waals surface area contributed by atoms with Crippen LogP contribution in [0.5, 0.6) is 0 Å². The molecule has 1 saturated carbocycles. The second-order valence-corrected chi connectivity index (χ2v) is 7.46. The molecule has 0 bridgehead atoms. The van der Waals surface area contributed by atoms with Gasteiger partial charge in [-0.1, -0.05) is 35.5 Å². The largest absolute Gasteiger partial charge is 0.385 e. The topological polar surface area (TPSA) is 66.6 Å². The van der Waals surface area contributed by atoms with Crippen LogP contribution < -0.4 is 0 Å². The molecular formula is C20H24N2O3. The third-order valence-electron chi connectivity index (χ3n) is 5.82. The average Bonchev–Trinajstić information content (AvgIpc) is 3.23. The van der Waals surface area contributed by atoms with Gasteiger partial charge in [-0.3, -0.25) is 4.79 Å². The minimum absolute atomic E-state index is 0.0564. The Morgan fingerprint density at radius 2 is 2.16 bits per heavy atom. The van der Waals surface area contributed by atoms with Gasteiger partial charge in [-0.25, -0.2) is 0 Å². The molecule has 1 aromatic heterocycles. The summed E-state index contributed by atoms with van der Waals surface area (Å²) in [4.78, 5) is 14.6. The summed E-state index contributed by atoms with van der Waals surface area (Å²) in [7, 11) is 0. The number of aliphatic hydroxyl groups is 1. The van der Waals surface area contributed by atoms with Crippen molar-refractivity contribution in [2.24, 2.45) is 11.8 Å². The fraction of sp³-hybridized carbons (Fsp3) is 0.500. The van der Waals surface area contributed by atoms with Gasteiger partial charge in [0.15, 0.2) is 0 Å². The Kier molecular flexibility index (Phi) is 4.12. The Labute approximate surface area is 147 Å². The average molecular weight is 340 g/mol. The molecule has 1 aliphatic carbocycles. The molecule has 3 atom stereocenters. The molecule has 4 rings (SSSR count). The summed E-state index contributed by atoms with van der Waals surface area (Å²) in [6, 6.07) is 11.7. The molecule has 132 valence electrons. The van der Waals surface area contributed by atoms with E-state index >= 15 is 0 Å². The lowest BCUT2D eigenvalue weighted by Crippen LogP contribution is -2.43. The van der Waals surface area contributed by atoms with Gasteiger partial charge in [-0.15, -0.1) is 0 Å². The fourth-order valence-electron chi connectivity index (χ4n) is 4.57. The summed E-state index contributed by atoms with van der Waals surface area (Å²) in [5.74, 6) is 1.13. The maximum atomic E-state index is 12.7. The molecule has 2 fully saturated rings. The van der Waals surface area contributed by atoms with Gasteiger partial charge in [-0.2, -0.15) is 0 Å². The van der Waals surface area contributed by atoms with Crippen LogP contribution in [0.4, 0.5) is 0 Å². The van der Waals surface area contributed by atoms with E-state index in [0.717, 1.165) is 37.1 Å². The van der Waals surface area contributed by atoms with Gasteiger partial charge < -0.3 is 14.5 Å². The molecule has 1 aliphatic heterocycles. The van der Waals surface area contributed by atoms with Gasteiger partial charge in [-0.05, 0) is 37.7 Å². The van der Waals surface area contributed by atoms with E-state index in [9.17, 15) is 9.90 Å². The number of likely N-dealkylation sites (tertiary alicyclic amines) is 1. The number of aromatic nitrogens is 1. The first-order valence-electron chi connectivity index (χ1n) is 9.04. The molecule has 2 heterocycles. The van der Waals surface area contributed by atoms with Crippen molar-refractivity contribution >= 4 is 5.91 Å². The SMILES string of the molecule is Cc1cc(CC(=O)N2C[C@H]3CCC[C@](O)(c4ccccc4)[C@H]3C2)on1. The van der Waals surface area contributed by atoms with Crippen LogP contribution in [0.2, 0.25) is 0 Å². The first kappa shape index (κ1) is 16.3. The summed E-state index contributed by atoms with van der Waals surface area (Å²) < 4.78 is 5.18. The van der Waals surface area contributed by atoms with Crippen LogP contribution >= 0.6 is 0 Å². The van der Waals surface area contributed by atoms with Crippen LogP contribution in [0, 0.1) is 18.8 Å². The highest BCUT2D eigenvalue weighted by Gasteiger charge is 2.50. The lowest BCUT2D eigenvalue weighted by molar-refractivity contribution is -0.130. The van der Waals surface area contributed by atoms with E-state index in [1.165, 1.54) is 0 Å². The summed E-state index contributed by atoms with van der Waals surface area (Å²) in [6.45, 7) is 3.19. The van der Waals surface area contributed by atoms with Gasteiger partial charge in [0.05, 0.1) is 17.7 Å². The van der Waals surface area contributed by atoms with Crippen molar-refractivity contribution in [2.75, 3.05) is 13.1 Å². The maximum Gasteiger partial charge on any atom is 0.230 e. The van der Waals surface area contributed by atoms with Gasteiger partial charge >= 0.3 is 0 Å². The number of amides is 1. The third kappa shape index (κ3) is 2.97. The normalized spacial score (nSPS) is 28.8. The van der Waals surface area contributed by atoms with E-state index in [1.807, 2.05) is 42.2 Å². The number of nitrogens with zero attached hydrogens (tertiary/aromatic N) is 2. The number of carbonyl (C=O) groups is 1. The van der Waals surface area contributed by atoms with Gasteiger partial charge in [0.1, 0.15) is 5.76 Å². The van der Waals surface area contributed by atoms with Crippen molar-refractivity contribution in [3.05, 3.63) is 53.4 Å². The first-order chi connectivity index (χ1) is 12.1. The van der Waals surface area contributed by atoms with Crippen molar-refractivity contribution < 1.29 is 14.4 Å². The van der Waals surface area contributed by atoms with Crippen LogP contribution in [0.1, 0.15) is 36.3 Å².